The van der Waals surface area contributed by atoms with Crippen molar-refractivity contribution in [2.75, 3.05) is 5.73 Å². The van der Waals surface area contributed by atoms with E-state index < -0.39 is 37.7 Å². The Labute approximate surface area is 150 Å². The molecule has 0 amide bonds. The molecule has 0 spiro atoms. The predicted octanol–water partition coefficient (Wildman–Crippen LogP) is 0.861. The Morgan fingerprint density at radius 1 is 1.15 bits per heavy atom. The number of aromatic amines is 1. The first-order valence-corrected chi connectivity index (χ1v) is 8.77. The zero-order chi connectivity index (χ0) is 19.2. The third kappa shape index (κ3) is 2.74. The molecule has 0 aliphatic carbocycles. The van der Waals surface area contributed by atoms with Gasteiger partial charge >= 0.3 is 11.7 Å². The monoisotopic (exact) mass is 395 g/mol. The molecule has 9 nitrogen and oxygen atoms in total. The predicted molar refractivity (Wildman–Crippen MR) is 94.2 cm³/mol. The summed E-state index contributed by atoms with van der Waals surface area (Å²) >= 11 is 5.79. The topological polar surface area (TPSA) is 152 Å². The van der Waals surface area contributed by atoms with Crippen LogP contribution in [0.3, 0.4) is 0 Å². The van der Waals surface area contributed by atoms with Gasteiger partial charge in [-0.25, -0.2) is 18.0 Å². The summed E-state index contributed by atoms with van der Waals surface area (Å²) in [6.07, 6.45) is 0. The number of hydrogen-bond donors (Lipinski definition) is 3. The number of H-pyrrole nitrogens is 1. The Morgan fingerprint density at radius 2 is 1.85 bits per heavy atom. The number of nitrogens with two attached hydrogens (primary N) is 1. The minimum absolute atomic E-state index is 0.0282. The molecular formula is C15H10ClN3O6S. The number of carbonyl (C=O) groups is 1. The van der Waals surface area contributed by atoms with Crippen LogP contribution in [0.2, 0.25) is 5.02 Å². The van der Waals surface area contributed by atoms with Gasteiger partial charge in [0.1, 0.15) is 0 Å². The van der Waals surface area contributed by atoms with Gasteiger partial charge in [-0.1, -0.05) is 11.6 Å². The fraction of sp³-hybridized carbons (Fsp3) is 0. The number of carboxylic acid groups (broad SMARTS) is 1. The van der Waals surface area contributed by atoms with E-state index in [0.717, 1.165) is 18.2 Å². The maximum Gasteiger partial charge on any atom is 0.343 e. The van der Waals surface area contributed by atoms with Gasteiger partial charge in [0.05, 0.1) is 21.4 Å². The lowest BCUT2D eigenvalue weighted by atomic mass is 10.2. The summed E-state index contributed by atoms with van der Waals surface area (Å²) in [4.78, 5) is 37.6. The van der Waals surface area contributed by atoms with Gasteiger partial charge in [-0.2, -0.15) is 0 Å². The molecule has 0 saturated carbocycles. The lowest BCUT2D eigenvalue weighted by molar-refractivity contribution is 0.0698. The van der Waals surface area contributed by atoms with Crippen LogP contribution in [0.1, 0.15) is 10.4 Å². The highest BCUT2D eigenvalue weighted by molar-refractivity contribution is 7.90. The van der Waals surface area contributed by atoms with E-state index >= 15 is 0 Å². The SMILES string of the molecule is Nc1ccc(S(=O)(=O)n2c(=O)[nH]c3cc(Cl)ccc3c2=O)cc1C(=O)O. The summed E-state index contributed by atoms with van der Waals surface area (Å²) in [6, 6.07) is 6.80. The van der Waals surface area contributed by atoms with E-state index in [1.807, 2.05) is 0 Å². The molecule has 0 aliphatic heterocycles. The van der Waals surface area contributed by atoms with E-state index in [1.165, 1.54) is 18.2 Å². The third-order valence-corrected chi connectivity index (χ3v) is 5.51. The minimum Gasteiger partial charge on any atom is -0.478 e. The summed E-state index contributed by atoms with van der Waals surface area (Å²) in [5.74, 6) is -1.45. The smallest absolute Gasteiger partial charge is 0.343 e. The lowest BCUT2D eigenvalue weighted by Crippen LogP contribution is -2.40. The summed E-state index contributed by atoms with van der Waals surface area (Å²) in [5.41, 5.74) is 2.64. The van der Waals surface area contributed by atoms with Crippen molar-refractivity contribution in [3.8, 4) is 0 Å². The highest BCUT2D eigenvalue weighted by Gasteiger charge is 2.25. The average molecular weight is 396 g/mol. The number of nitrogens with one attached hydrogen (secondary N) is 1. The number of nitrogen functional groups attached to an aromatic ring is 1. The Bertz CT molecular complexity index is 1290. The van der Waals surface area contributed by atoms with Crippen LogP contribution in [0.15, 0.2) is 50.9 Å². The Balaban J connectivity index is 2.34. The molecule has 1 aromatic heterocycles. The first kappa shape index (κ1) is 17.7. The van der Waals surface area contributed by atoms with Gasteiger partial charge in [-0.3, -0.25) is 4.79 Å². The number of aromatic carboxylic acids is 1. The normalized spacial score (nSPS) is 11.6. The van der Waals surface area contributed by atoms with Crippen molar-refractivity contribution in [3.05, 3.63) is 67.8 Å². The quantitative estimate of drug-likeness (QED) is 0.556. The molecule has 0 bridgehead atoms. The van der Waals surface area contributed by atoms with Crippen LogP contribution in [0.5, 0.6) is 0 Å². The maximum atomic E-state index is 12.8. The van der Waals surface area contributed by atoms with Crippen molar-refractivity contribution >= 4 is 44.2 Å². The van der Waals surface area contributed by atoms with Gasteiger partial charge in [0.2, 0.25) is 0 Å². The molecule has 0 radical (unpaired) electrons. The fourth-order valence-corrected chi connectivity index (χ4v) is 3.85. The number of aromatic nitrogens is 2. The van der Waals surface area contributed by atoms with E-state index in [2.05, 4.69) is 4.98 Å². The van der Waals surface area contributed by atoms with Crippen molar-refractivity contribution in [2.24, 2.45) is 0 Å². The molecule has 3 aromatic rings. The number of fused-ring (bicyclic) bond motifs is 1. The Kier molecular flexibility index (Phi) is 4.09. The zero-order valence-electron chi connectivity index (χ0n) is 12.8. The number of rotatable bonds is 3. The van der Waals surface area contributed by atoms with E-state index in [1.54, 1.807) is 0 Å². The van der Waals surface area contributed by atoms with Crippen molar-refractivity contribution < 1.29 is 18.3 Å². The number of halogens is 1. The molecule has 2 aromatic carbocycles. The van der Waals surface area contributed by atoms with Crippen LogP contribution in [0, 0.1) is 0 Å². The molecule has 1 heterocycles. The maximum absolute atomic E-state index is 12.8. The molecule has 4 N–H and O–H groups in total. The molecule has 0 atom stereocenters. The van der Waals surface area contributed by atoms with E-state index in [-0.39, 0.29) is 25.6 Å². The van der Waals surface area contributed by atoms with E-state index in [0.29, 0.717) is 0 Å². The lowest BCUT2D eigenvalue weighted by Gasteiger charge is -2.09. The summed E-state index contributed by atoms with van der Waals surface area (Å²) in [6.45, 7) is 0. The molecule has 11 heteroatoms. The van der Waals surface area contributed by atoms with Crippen LogP contribution in [-0.4, -0.2) is 28.5 Å². The molecule has 3 rings (SSSR count). The van der Waals surface area contributed by atoms with Crippen LogP contribution >= 0.6 is 11.6 Å². The van der Waals surface area contributed by atoms with Gasteiger partial charge in [0.25, 0.3) is 15.6 Å². The number of benzene rings is 2. The summed E-state index contributed by atoms with van der Waals surface area (Å²) in [5, 5.41) is 9.25. The van der Waals surface area contributed by atoms with Crippen LogP contribution < -0.4 is 17.0 Å². The largest absolute Gasteiger partial charge is 0.478 e. The van der Waals surface area contributed by atoms with Crippen LogP contribution in [0.25, 0.3) is 10.9 Å². The van der Waals surface area contributed by atoms with Crippen LogP contribution in [-0.2, 0) is 10.0 Å². The van der Waals surface area contributed by atoms with Crippen LogP contribution in [0.4, 0.5) is 5.69 Å². The first-order chi connectivity index (χ1) is 12.1. The van der Waals surface area contributed by atoms with Crippen molar-refractivity contribution in [3.63, 3.8) is 0 Å². The molecule has 0 unspecified atom stereocenters. The second-order valence-electron chi connectivity index (χ2n) is 5.25. The molecule has 0 aliphatic rings. The standard InChI is InChI=1S/C15H10ClN3O6S/c16-7-1-3-9-12(5-7)18-15(23)19(13(9)20)26(24,25)8-2-4-11(17)10(6-8)14(21)22/h1-6H,17H2,(H,18,23)(H,21,22). The Morgan fingerprint density at radius 3 is 2.50 bits per heavy atom. The third-order valence-electron chi connectivity index (χ3n) is 3.62. The average Bonchev–Trinajstić information content (AvgIpc) is 2.54. The second-order valence-corrected chi connectivity index (χ2v) is 7.47. The van der Waals surface area contributed by atoms with E-state index in [9.17, 15) is 22.8 Å². The van der Waals surface area contributed by atoms with Gasteiger partial charge in [0.15, 0.2) is 0 Å². The van der Waals surface area contributed by atoms with Crippen molar-refractivity contribution in [1.29, 1.82) is 0 Å². The fourth-order valence-electron chi connectivity index (χ4n) is 2.38. The number of carboxylic acids is 1. The van der Waals surface area contributed by atoms with Gasteiger partial charge in [-0.05, 0) is 36.4 Å². The zero-order valence-corrected chi connectivity index (χ0v) is 14.3. The summed E-state index contributed by atoms with van der Waals surface area (Å²) < 4.78 is 25.5. The highest BCUT2D eigenvalue weighted by atomic mass is 35.5. The summed E-state index contributed by atoms with van der Waals surface area (Å²) in [7, 11) is -4.67. The molecule has 26 heavy (non-hydrogen) atoms. The van der Waals surface area contributed by atoms with Crippen molar-refractivity contribution in [2.45, 2.75) is 4.90 Å². The number of nitrogens with zero attached hydrogens (tertiary/aromatic N) is 1. The van der Waals surface area contributed by atoms with Gasteiger partial charge in [0, 0.05) is 10.7 Å². The molecule has 0 saturated heterocycles. The van der Waals surface area contributed by atoms with Gasteiger partial charge < -0.3 is 15.8 Å². The number of anilines is 1. The van der Waals surface area contributed by atoms with E-state index in [4.69, 9.17) is 22.4 Å². The molecule has 0 fully saturated rings. The Hall–Kier alpha value is -3.11. The van der Waals surface area contributed by atoms with Crippen molar-refractivity contribution in [1.82, 2.24) is 8.96 Å². The molecule has 134 valence electrons. The minimum atomic E-state index is -4.67. The van der Waals surface area contributed by atoms with Gasteiger partial charge in [-0.15, -0.1) is 3.97 Å². The number of hydrogen-bond acceptors (Lipinski definition) is 6. The first-order valence-electron chi connectivity index (χ1n) is 6.96. The second kappa shape index (κ2) is 6.00. The highest BCUT2D eigenvalue weighted by Crippen LogP contribution is 2.20. The molecular weight excluding hydrogens is 386 g/mol.